The fourth-order valence-corrected chi connectivity index (χ4v) is 6.25. The van der Waals surface area contributed by atoms with Crippen molar-refractivity contribution in [2.75, 3.05) is 39.8 Å². The van der Waals surface area contributed by atoms with Crippen LogP contribution in [0.15, 0.2) is 53.4 Å². The molecule has 4 rings (SSSR count). The van der Waals surface area contributed by atoms with Gasteiger partial charge in [0.05, 0.1) is 17.0 Å². The number of rotatable bonds is 7. The van der Waals surface area contributed by atoms with E-state index in [2.05, 4.69) is 21.6 Å². The second-order valence-electron chi connectivity index (χ2n) is 9.68. The van der Waals surface area contributed by atoms with Crippen LogP contribution >= 0.6 is 0 Å². The van der Waals surface area contributed by atoms with Crippen molar-refractivity contribution >= 4 is 15.9 Å². The number of likely N-dealkylation sites (N-methyl/N-ethyl adjacent to an activating group) is 1. The molecule has 2 N–H and O–H groups in total. The molecule has 36 heavy (non-hydrogen) atoms. The van der Waals surface area contributed by atoms with Crippen molar-refractivity contribution in [1.82, 2.24) is 19.8 Å². The van der Waals surface area contributed by atoms with E-state index in [4.69, 9.17) is 0 Å². The Balaban J connectivity index is 1.38. The van der Waals surface area contributed by atoms with Gasteiger partial charge in [-0.3, -0.25) is 4.79 Å². The van der Waals surface area contributed by atoms with Gasteiger partial charge in [-0.2, -0.15) is 9.57 Å². The summed E-state index contributed by atoms with van der Waals surface area (Å²) in [5.41, 5.74) is 2.83. The molecule has 8 nitrogen and oxygen atoms in total. The molecule has 0 aromatic heterocycles. The molecule has 0 radical (unpaired) electrons. The zero-order valence-corrected chi connectivity index (χ0v) is 21.6. The van der Waals surface area contributed by atoms with Crippen molar-refractivity contribution in [3.8, 4) is 17.2 Å². The van der Waals surface area contributed by atoms with E-state index in [0.717, 1.165) is 62.0 Å². The summed E-state index contributed by atoms with van der Waals surface area (Å²) in [6.07, 6.45) is 4.15. The first kappa shape index (κ1) is 26.3. The van der Waals surface area contributed by atoms with Crippen LogP contribution in [0.5, 0.6) is 0 Å². The lowest BCUT2D eigenvalue weighted by molar-refractivity contribution is -0.124. The summed E-state index contributed by atoms with van der Waals surface area (Å²) >= 11 is 0. The highest BCUT2D eigenvalue weighted by molar-refractivity contribution is 7.89. The average molecular weight is 510 g/mol. The van der Waals surface area contributed by atoms with Gasteiger partial charge in [0.25, 0.3) is 0 Å². The Morgan fingerprint density at radius 2 is 1.72 bits per heavy atom. The van der Waals surface area contributed by atoms with Gasteiger partial charge < -0.3 is 15.5 Å². The van der Waals surface area contributed by atoms with Crippen molar-refractivity contribution in [1.29, 1.82) is 5.26 Å². The maximum Gasteiger partial charge on any atom is 0.243 e. The number of amides is 1. The lowest BCUT2D eigenvalue weighted by atomic mass is 10.00. The largest absolute Gasteiger partial charge is 0.339 e. The summed E-state index contributed by atoms with van der Waals surface area (Å²) in [4.78, 5) is 14.9. The summed E-state index contributed by atoms with van der Waals surface area (Å²) in [7, 11) is -1.50. The predicted octanol–water partition coefficient (Wildman–Crippen LogP) is 2.37. The van der Waals surface area contributed by atoms with E-state index in [0.29, 0.717) is 24.4 Å². The summed E-state index contributed by atoms with van der Waals surface area (Å²) < 4.78 is 27.8. The Bertz CT molecular complexity index is 1170. The lowest BCUT2D eigenvalue weighted by Gasteiger charge is -2.23. The minimum Gasteiger partial charge on any atom is -0.339 e. The van der Waals surface area contributed by atoms with Gasteiger partial charge in [-0.15, -0.1) is 0 Å². The monoisotopic (exact) mass is 509 g/mol. The Hall–Kier alpha value is -2.77. The molecule has 2 atom stereocenters. The molecule has 9 heteroatoms. The number of nitrogens with one attached hydrogen (secondary N) is 2. The van der Waals surface area contributed by atoms with Gasteiger partial charge in [0.15, 0.2) is 0 Å². The molecule has 1 amide bonds. The Morgan fingerprint density at radius 1 is 1.03 bits per heavy atom. The smallest absolute Gasteiger partial charge is 0.243 e. The number of nitrogens with zero attached hydrogens (tertiary/aromatic N) is 3. The Morgan fingerprint density at radius 3 is 2.36 bits per heavy atom. The average Bonchev–Trinajstić information content (AvgIpc) is 3.14. The van der Waals surface area contributed by atoms with E-state index < -0.39 is 16.1 Å². The second kappa shape index (κ2) is 12.0. The summed E-state index contributed by atoms with van der Waals surface area (Å²) in [5.74, 6) is -0.111. The number of hydrogen-bond acceptors (Lipinski definition) is 6. The van der Waals surface area contributed by atoms with Gasteiger partial charge in [0, 0.05) is 26.1 Å². The molecule has 2 aromatic rings. The van der Waals surface area contributed by atoms with E-state index in [1.54, 1.807) is 16.4 Å². The molecule has 0 bridgehead atoms. The van der Waals surface area contributed by atoms with E-state index >= 15 is 0 Å². The van der Waals surface area contributed by atoms with E-state index in [-0.39, 0.29) is 11.9 Å². The highest BCUT2D eigenvalue weighted by Gasteiger charge is 2.26. The van der Waals surface area contributed by atoms with Crippen LogP contribution in [0.2, 0.25) is 0 Å². The zero-order chi connectivity index (χ0) is 25.5. The molecular formula is C27H35N5O3S. The van der Waals surface area contributed by atoms with Gasteiger partial charge in [-0.25, -0.2) is 8.42 Å². The molecule has 0 spiro atoms. The normalized spacial score (nSPS) is 20.7. The molecule has 2 heterocycles. The Labute approximate surface area is 214 Å². The molecule has 2 aliphatic rings. The number of carbonyl (C=O) groups is 1. The first-order valence-corrected chi connectivity index (χ1v) is 14.1. The third-order valence-corrected chi connectivity index (χ3v) is 8.91. The minimum absolute atomic E-state index is 0.111. The first-order valence-electron chi connectivity index (χ1n) is 12.7. The van der Waals surface area contributed by atoms with Gasteiger partial charge in [0.2, 0.25) is 15.9 Å². The molecule has 2 saturated heterocycles. The van der Waals surface area contributed by atoms with E-state index in [1.807, 2.05) is 43.4 Å². The van der Waals surface area contributed by atoms with Crippen LogP contribution in [0.3, 0.4) is 0 Å². The van der Waals surface area contributed by atoms with Crippen LogP contribution in [0, 0.1) is 11.3 Å². The molecule has 2 aromatic carbocycles. The number of benzene rings is 2. The summed E-state index contributed by atoms with van der Waals surface area (Å²) in [6, 6.07) is 16.2. The number of piperidine rings is 1. The van der Waals surface area contributed by atoms with E-state index in [1.165, 1.54) is 0 Å². The lowest BCUT2D eigenvalue weighted by Crippen LogP contribution is -2.49. The maximum atomic E-state index is 13.1. The molecule has 2 fully saturated rings. The SMILES string of the molecule is CN1CCCN(S(=O)(=O)c2ccc(-c3ccc(CC(C#N)NC(=O)C4CCCCN4)cc3)cc2)CC1. The standard InChI is InChI=1S/C27H35N5O3S/c1-31-15-4-16-32(18-17-31)36(34,35)25-12-10-23(11-13-25)22-8-6-21(7-9-22)19-24(20-28)30-27(33)26-5-2-3-14-29-26/h6-13,24,26,29H,2-5,14-19H2,1H3,(H,30,33). The second-order valence-corrected chi connectivity index (χ2v) is 11.6. The van der Waals surface area contributed by atoms with Crippen LogP contribution in [0.4, 0.5) is 0 Å². The fourth-order valence-electron chi connectivity index (χ4n) is 4.78. The van der Waals surface area contributed by atoms with Crippen molar-refractivity contribution < 1.29 is 13.2 Å². The zero-order valence-electron chi connectivity index (χ0n) is 20.8. The first-order chi connectivity index (χ1) is 17.4. The maximum absolute atomic E-state index is 13.1. The molecule has 0 saturated carbocycles. The van der Waals surface area contributed by atoms with Crippen LogP contribution < -0.4 is 10.6 Å². The molecule has 2 aliphatic heterocycles. The van der Waals surface area contributed by atoms with Gasteiger partial charge >= 0.3 is 0 Å². The molecule has 0 aliphatic carbocycles. The molecule has 2 unspecified atom stereocenters. The third-order valence-electron chi connectivity index (χ3n) is 7.00. The molecular weight excluding hydrogens is 474 g/mol. The van der Waals surface area contributed by atoms with Crippen LogP contribution in [-0.2, 0) is 21.2 Å². The molecule has 192 valence electrons. The van der Waals surface area contributed by atoms with Crippen LogP contribution in [-0.4, -0.2) is 75.4 Å². The summed E-state index contributed by atoms with van der Waals surface area (Å²) in [6.45, 7) is 3.51. The predicted molar refractivity (Wildman–Crippen MR) is 140 cm³/mol. The number of sulfonamides is 1. The van der Waals surface area contributed by atoms with Crippen molar-refractivity contribution in [3.05, 3.63) is 54.1 Å². The van der Waals surface area contributed by atoms with Gasteiger partial charge in [-0.1, -0.05) is 42.8 Å². The number of hydrogen-bond donors (Lipinski definition) is 2. The van der Waals surface area contributed by atoms with Crippen LogP contribution in [0.25, 0.3) is 11.1 Å². The fraction of sp³-hybridized carbons (Fsp3) is 0.481. The van der Waals surface area contributed by atoms with E-state index in [9.17, 15) is 18.5 Å². The van der Waals surface area contributed by atoms with Crippen molar-refractivity contribution in [2.24, 2.45) is 0 Å². The highest BCUT2D eigenvalue weighted by atomic mass is 32.2. The van der Waals surface area contributed by atoms with Crippen molar-refractivity contribution in [2.45, 2.75) is 49.1 Å². The highest BCUT2D eigenvalue weighted by Crippen LogP contribution is 2.24. The van der Waals surface area contributed by atoms with Crippen molar-refractivity contribution in [3.63, 3.8) is 0 Å². The minimum atomic E-state index is -3.51. The number of nitriles is 1. The van der Waals surface area contributed by atoms with Crippen LogP contribution in [0.1, 0.15) is 31.2 Å². The topological polar surface area (TPSA) is 106 Å². The summed E-state index contributed by atoms with van der Waals surface area (Å²) in [5, 5.41) is 15.6. The number of carbonyl (C=O) groups excluding carboxylic acids is 1. The quantitative estimate of drug-likeness (QED) is 0.594. The van der Waals surface area contributed by atoms with Gasteiger partial charge in [-0.05, 0) is 68.2 Å². The Kier molecular flexibility index (Phi) is 8.75. The van der Waals surface area contributed by atoms with Gasteiger partial charge in [0.1, 0.15) is 6.04 Å². The third kappa shape index (κ3) is 6.51.